The summed E-state index contributed by atoms with van der Waals surface area (Å²) in [4.78, 5) is 56.5. The van der Waals surface area contributed by atoms with Gasteiger partial charge in [0.2, 0.25) is 0 Å². The van der Waals surface area contributed by atoms with Gasteiger partial charge in [0.1, 0.15) is 11.3 Å². The van der Waals surface area contributed by atoms with Crippen molar-refractivity contribution in [2.75, 3.05) is 11.9 Å². The van der Waals surface area contributed by atoms with Crippen LogP contribution in [0.5, 0.6) is 0 Å². The van der Waals surface area contributed by atoms with E-state index in [0.29, 0.717) is 10.8 Å². The third-order valence-electron chi connectivity index (χ3n) is 3.94. The van der Waals surface area contributed by atoms with Gasteiger partial charge in [-0.05, 0) is 19.1 Å². The predicted octanol–water partition coefficient (Wildman–Crippen LogP) is 0.447. The van der Waals surface area contributed by atoms with Crippen molar-refractivity contribution in [1.29, 1.82) is 0 Å². The first-order valence-electron chi connectivity index (χ1n) is 8.30. The van der Waals surface area contributed by atoms with Crippen molar-refractivity contribution in [3.63, 3.8) is 0 Å². The maximum atomic E-state index is 12.5. The van der Waals surface area contributed by atoms with Gasteiger partial charge in [-0.2, -0.15) is 0 Å². The number of aromatic nitrogens is 4. The molecule has 3 aromatic rings. The molecule has 0 aliphatic carbocycles. The molecule has 0 saturated heterocycles. The van der Waals surface area contributed by atoms with Crippen molar-refractivity contribution in [2.45, 2.75) is 13.3 Å². The van der Waals surface area contributed by atoms with Gasteiger partial charge < -0.3 is 4.74 Å². The zero-order valence-corrected chi connectivity index (χ0v) is 16.2. The molecule has 0 fully saturated rings. The summed E-state index contributed by atoms with van der Waals surface area (Å²) in [7, 11) is 2.85. The number of rotatable bonds is 5. The van der Waals surface area contributed by atoms with E-state index < -0.39 is 23.1 Å². The number of amides is 1. The van der Waals surface area contributed by atoms with Crippen LogP contribution in [0, 0.1) is 0 Å². The maximum absolute atomic E-state index is 12.5. The molecule has 0 unspecified atom stereocenters. The normalized spacial score (nSPS) is 10.8. The van der Waals surface area contributed by atoms with E-state index in [-0.39, 0.29) is 29.8 Å². The number of aryl methyl sites for hydroxylation is 1. The zero-order valence-electron chi connectivity index (χ0n) is 15.4. The summed E-state index contributed by atoms with van der Waals surface area (Å²) >= 11 is 1.16. The summed E-state index contributed by atoms with van der Waals surface area (Å²) in [6.45, 7) is 2.00. The van der Waals surface area contributed by atoms with E-state index in [1.165, 1.54) is 30.8 Å². The SMILES string of the molecule is CCOC(=O)Cc1csc(NC(=O)c2ccc3c(=O)n(C)c(=O)n(C)c3n2)n1. The van der Waals surface area contributed by atoms with Crippen molar-refractivity contribution >= 4 is 39.4 Å². The van der Waals surface area contributed by atoms with E-state index in [0.717, 1.165) is 15.9 Å². The summed E-state index contributed by atoms with van der Waals surface area (Å²) in [5, 5.41) is 4.76. The molecule has 3 aromatic heterocycles. The minimum atomic E-state index is -0.549. The molecule has 0 aliphatic heterocycles. The number of ether oxygens (including phenoxy) is 1. The number of hydrogen-bond donors (Lipinski definition) is 1. The van der Waals surface area contributed by atoms with Gasteiger partial charge in [-0.15, -0.1) is 11.3 Å². The summed E-state index contributed by atoms with van der Waals surface area (Å²) in [5.74, 6) is -0.948. The Hall–Kier alpha value is -3.34. The third-order valence-corrected chi connectivity index (χ3v) is 4.74. The highest BCUT2D eigenvalue weighted by atomic mass is 32.1. The van der Waals surface area contributed by atoms with Crippen LogP contribution in [0.4, 0.5) is 5.13 Å². The van der Waals surface area contributed by atoms with E-state index >= 15 is 0 Å². The highest BCUT2D eigenvalue weighted by Crippen LogP contribution is 2.17. The van der Waals surface area contributed by atoms with E-state index in [4.69, 9.17) is 4.74 Å². The average Bonchev–Trinajstić information content (AvgIpc) is 3.10. The summed E-state index contributed by atoms with van der Waals surface area (Å²) in [6, 6.07) is 2.85. The largest absolute Gasteiger partial charge is 0.466 e. The van der Waals surface area contributed by atoms with Gasteiger partial charge in [0.15, 0.2) is 5.13 Å². The van der Waals surface area contributed by atoms with Crippen molar-refractivity contribution in [3.05, 3.63) is 49.7 Å². The fraction of sp³-hybridized carbons (Fsp3) is 0.294. The average molecular weight is 403 g/mol. The van der Waals surface area contributed by atoms with Crippen molar-refractivity contribution in [1.82, 2.24) is 19.1 Å². The van der Waals surface area contributed by atoms with Crippen LogP contribution in [-0.4, -0.2) is 37.6 Å². The molecule has 146 valence electrons. The molecule has 11 heteroatoms. The van der Waals surface area contributed by atoms with Gasteiger partial charge >= 0.3 is 11.7 Å². The lowest BCUT2D eigenvalue weighted by atomic mass is 10.2. The number of pyridine rings is 1. The molecular formula is C17H17N5O5S. The van der Waals surface area contributed by atoms with Crippen LogP contribution in [0.15, 0.2) is 27.1 Å². The van der Waals surface area contributed by atoms with Gasteiger partial charge in [-0.1, -0.05) is 0 Å². The minimum Gasteiger partial charge on any atom is -0.466 e. The number of nitrogens with zero attached hydrogens (tertiary/aromatic N) is 4. The second-order valence-electron chi connectivity index (χ2n) is 5.85. The topological polar surface area (TPSA) is 125 Å². The number of thiazole rings is 1. The van der Waals surface area contributed by atoms with E-state index in [1.807, 2.05) is 0 Å². The van der Waals surface area contributed by atoms with Gasteiger partial charge in [0.05, 0.1) is 24.1 Å². The second-order valence-corrected chi connectivity index (χ2v) is 6.71. The Morgan fingerprint density at radius 1 is 1.18 bits per heavy atom. The Morgan fingerprint density at radius 2 is 1.93 bits per heavy atom. The molecule has 1 N–H and O–H groups in total. The van der Waals surface area contributed by atoms with E-state index in [9.17, 15) is 19.2 Å². The fourth-order valence-electron chi connectivity index (χ4n) is 2.55. The van der Waals surface area contributed by atoms with Gasteiger partial charge in [0.25, 0.3) is 11.5 Å². The Morgan fingerprint density at radius 3 is 2.64 bits per heavy atom. The van der Waals surface area contributed by atoms with E-state index in [2.05, 4.69) is 15.3 Å². The second kappa shape index (κ2) is 7.72. The summed E-state index contributed by atoms with van der Waals surface area (Å²) in [6.07, 6.45) is 0.0137. The molecule has 0 spiro atoms. The lowest BCUT2D eigenvalue weighted by molar-refractivity contribution is -0.142. The van der Waals surface area contributed by atoms with Crippen LogP contribution in [0.2, 0.25) is 0 Å². The van der Waals surface area contributed by atoms with Crippen LogP contribution in [0.25, 0.3) is 11.0 Å². The van der Waals surface area contributed by atoms with Crippen molar-refractivity contribution in [3.8, 4) is 0 Å². The molecule has 0 atom stereocenters. The number of anilines is 1. The number of fused-ring (bicyclic) bond motifs is 1. The van der Waals surface area contributed by atoms with Crippen LogP contribution in [0.1, 0.15) is 23.1 Å². The highest BCUT2D eigenvalue weighted by molar-refractivity contribution is 7.14. The van der Waals surface area contributed by atoms with E-state index in [1.54, 1.807) is 12.3 Å². The molecule has 0 bridgehead atoms. The zero-order chi connectivity index (χ0) is 20.4. The molecule has 0 radical (unpaired) electrons. The van der Waals surface area contributed by atoms with Crippen LogP contribution < -0.4 is 16.6 Å². The monoisotopic (exact) mass is 403 g/mol. The summed E-state index contributed by atoms with van der Waals surface area (Å²) in [5.41, 5.74) is -0.399. The first kappa shape index (κ1) is 19.4. The molecule has 0 aromatic carbocycles. The quantitative estimate of drug-likeness (QED) is 0.613. The lowest BCUT2D eigenvalue weighted by Gasteiger charge is -2.08. The molecular weight excluding hydrogens is 386 g/mol. The summed E-state index contributed by atoms with van der Waals surface area (Å²) < 4.78 is 7.04. The Bertz CT molecular complexity index is 1190. The predicted molar refractivity (Wildman–Crippen MR) is 103 cm³/mol. The highest BCUT2D eigenvalue weighted by Gasteiger charge is 2.16. The van der Waals surface area contributed by atoms with Crippen molar-refractivity contribution < 1.29 is 14.3 Å². The Balaban J connectivity index is 1.85. The number of carbonyl (C=O) groups is 2. The molecule has 0 aliphatic rings. The Labute approximate surface area is 162 Å². The van der Waals surface area contributed by atoms with Crippen LogP contribution in [0.3, 0.4) is 0 Å². The molecule has 10 nitrogen and oxygen atoms in total. The molecule has 1 amide bonds. The molecule has 28 heavy (non-hydrogen) atoms. The lowest BCUT2D eigenvalue weighted by Crippen LogP contribution is -2.37. The first-order chi connectivity index (χ1) is 13.3. The standard InChI is InChI=1S/C17H17N5O5S/c1-4-27-12(23)7-9-8-28-16(18-9)20-14(24)11-6-5-10-13(19-11)21(2)17(26)22(3)15(10)25/h5-6,8H,4,7H2,1-3H3,(H,18,20,24). The van der Waals surface area contributed by atoms with Gasteiger partial charge in [-0.25, -0.2) is 14.8 Å². The van der Waals surface area contributed by atoms with Gasteiger partial charge in [0, 0.05) is 19.5 Å². The smallest absolute Gasteiger partial charge is 0.332 e. The Kier molecular flexibility index (Phi) is 5.36. The molecule has 0 saturated carbocycles. The minimum absolute atomic E-state index is 0.0137. The first-order valence-corrected chi connectivity index (χ1v) is 9.18. The number of carbonyl (C=O) groups excluding carboxylic acids is 2. The van der Waals surface area contributed by atoms with Crippen LogP contribution >= 0.6 is 11.3 Å². The molecule has 3 heterocycles. The van der Waals surface area contributed by atoms with Crippen molar-refractivity contribution in [2.24, 2.45) is 14.1 Å². The number of esters is 1. The third kappa shape index (κ3) is 3.69. The maximum Gasteiger partial charge on any atom is 0.332 e. The number of hydrogen-bond acceptors (Lipinski definition) is 8. The van der Waals surface area contributed by atoms with Crippen LogP contribution in [-0.2, 0) is 30.0 Å². The van der Waals surface area contributed by atoms with Gasteiger partial charge in [-0.3, -0.25) is 28.8 Å². The fourth-order valence-corrected chi connectivity index (χ4v) is 3.25. The number of nitrogens with one attached hydrogen (secondary N) is 1. The molecule has 3 rings (SSSR count).